The number of aromatic amines is 1. The number of nitrogens with one attached hydrogen (secondary N) is 1. The van der Waals surface area contributed by atoms with Crippen LogP contribution in [0, 0.1) is 0 Å². The van der Waals surface area contributed by atoms with Crippen LogP contribution in [0.3, 0.4) is 0 Å². The molecule has 0 aliphatic rings. The first-order valence-electron chi connectivity index (χ1n) is 6.07. The largest absolute Gasteiger partial charge is 0.328 e. The van der Waals surface area contributed by atoms with Gasteiger partial charge in [0.05, 0.1) is 18.0 Å². The highest BCUT2D eigenvalue weighted by atomic mass is 16.7. The van der Waals surface area contributed by atoms with E-state index in [0.29, 0.717) is 10.9 Å². The van der Waals surface area contributed by atoms with Crippen LogP contribution >= 0.6 is 0 Å². The van der Waals surface area contributed by atoms with E-state index in [4.69, 9.17) is 4.84 Å². The van der Waals surface area contributed by atoms with Crippen LogP contribution in [0.2, 0.25) is 0 Å². The first-order valence-corrected chi connectivity index (χ1v) is 6.07. The van der Waals surface area contributed by atoms with Crippen molar-refractivity contribution < 1.29 is 9.63 Å². The smallest absolute Gasteiger partial charge is 0.293 e. The Morgan fingerprint density at radius 1 is 1.35 bits per heavy atom. The Kier molecular flexibility index (Phi) is 3.99. The number of hydrogen-bond donors (Lipinski definition) is 1. The fraction of sp³-hybridized carbons (Fsp3) is 0.308. The highest BCUT2D eigenvalue weighted by molar-refractivity contribution is 5.78. The zero-order valence-electron chi connectivity index (χ0n) is 11.3. The number of aryl methyl sites for hydroxylation is 1. The van der Waals surface area contributed by atoms with Crippen LogP contribution in [0.5, 0.6) is 0 Å². The molecule has 1 aromatic carbocycles. The molecule has 0 fully saturated rings. The lowest BCUT2D eigenvalue weighted by molar-refractivity contribution is -0.168. The molecule has 106 valence electrons. The van der Waals surface area contributed by atoms with Crippen LogP contribution in [0.15, 0.2) is 33.9 Å². The summed E-state index contributed by atoms with van der Waals surface area (Å²) in [7, 11) is 2.88. The maximum absolute atomic E-state index is 11.9. The van der Waals surface area contributed by atoms with Crippen LogP contribution in [-0.4, -0.2) is 34.7 Å². The summed E-state index contributed by atoms with van der Waals surface area (Å²) >= 11 is 0. The van der Waals surface area contributed by atoms with Crippen LogP contribution in [0.1, 0.15) is 6.42 Å². The van der Waals surface area contributed by atoms with Gasteiger partial charge in [-0.15, -0.1) is 0 Å². The Morgan fingerprint density at radius 2 is 2.05 bits per heavy atom. The molecule has 0 bridgehead atoms. The van der Waals surface area contributed by atoms with Crippen molar-refractivity contribution in [2.45, 2.75) is 13.0 Å². The van der Waals surface area contributed by atoms with Crippen molar-refractivity contribution in [1.82, 2.24) is 14.6 Å². The number of rotatable bonds is 4. The van der Waals surface area contributed by atoms with E-state index in [1.165, 1.54) is 18.7 Å². The van der Waals surface area contributed by atoms with Gasteiger partial charge in [-0.3, -0.25) is 24.0 Å². The third kappa shape index (κ3) is 2.62. The van der Waals surface area contributed by atoms with Gasteiger partial charge < -0.3 is 0 Å². The molecule has 1 N–H and O–H groups in total. The Hall–Kier alpha value is -2.41. The molecule has 0 saturated carbocycles. The second-order valence-electron chi connectivity index (χ2n) is 4.25. The maximum atomic E-state index is 11.9. The average Bonchev–Trinajstić information content (AvgIpc) is 2.45. The normalized spacial score (nSPS) is 10.7. The lowest BCUT2D eigenvalue weighted by atomic mass is 10.2. The van der Waals surface area contributed by atoms with Gasteiger partial charge in [0.1, 0.15) is 0 Å². The number of carbonyl (C=O) groups is 1. The Labute approximate surface area is 114 Å². The predicted octanol–water partition coefficient (Wildman–Crippen LogP) is 0.0997. The maximum Gasteiger partial charge on any atom is 0.328 e. The van der Waals surface area contributed by atoms with Crippen LogP contribution < -0.4 is 11.2 Å². The zero-order chi connectivity index (χ0) is 14.7. The van der Waals surface area contributed by atoms with E-state index in [-0.39, 0.29) is 18.9 Å². The number of amides is 1. The summed E-state index contributed by atoms with van der Waals surface area (Å²) in [6.07, 6.45) is 0.0975. The number of hydrogen-bond acceptors (Lipinski definition) is 4. The first-order chi connectivity index (χ1) is 9.54. The molecule has 1 heterocycles. The third-order valence-corrected chi connectivity index (χ3v) is 3.08. The first kappa shape index (κ1) is 14.0. The van der Waals surface area contributed by atoms with Gasteiger partial charge in [0.2, 0.25) is 5.91 Å². The molecule has 2 rings (SSSR count). The van der Waals surface area contributed by atoms with Gasteiger partial charge in [-0.25, -0.2) is 9.86 Å². The van der Waals surface area contributed by atoms with E-state index in [0.717, 1.165) is 5.06 Å². The standard InChI is InChI=1S/C13H15N3O4/c1-15(20-2)11(17)7-8-16-10-6-4-3-5-9(10)12(18)14-13(16)19/h3-6H,7-8H2,1-2H3,(H,14,18,19). The van der Waals surface area contributed by atoms with Crippen molar-refractivity contribution in [3.8, 4) is 0 Å². The zero-order valence-corrected chi connectivity index (χ0v) is 11.3. The summed E-state index contributed by atoms with van der Waals surface area (Å²) in [6.45, 7) is 0.169. The van der Waals surface area contributed by atoms with E-state index < -0.39 is 11.2 Å². The second-order valence-corrected chi connectivity index (χ2v) is 4.25. The number of carbonyl (C=O) groups excluding carboxylic acids is 1. The predicted molar refractivity (Wildman–Crippen MR) is 73.2 cm³/mol. The average molecular weight is 277 g/mol. The highest BCUT2D eigenvalue weighted by Crippen LogP contribution is 2.07. The number of para-hydroxylation sites is 1. The lowest BCUT2D eigenvalue weighted by Gasteiger charge is -2.14. The quantitative estimate of drug-likeness (QED) is 0.803. The number of aromatic nitrogens is 2. The topological polar surface area (TPSA) is 84.4 Å². The van der Waals surface area contributed by atoms with Gasteiger partial charge >= 0.3 is 5.69 Å². The third-order valence-electron chi connectivity index (χ3n) is 3.08. The minimum absolute atomic E-state index is 0.0975. The molecule has 2 aromatic rings. The van der Waals surface area contributed by atoms with Gasteiger partial charge in [-0.2, -0.15) is 0 Å². The van der Waals surface area contributed by atoms with Crippen molar-refractivity contribution in [1.29, 1.82) is 0 Å². The lowest BCUT2D eigenvalue weighted by Crippen LogP contribution is -2.32. The molecule has 0 aliphatic carbocycles. The van der Waals surface area contributed by atoms with Crippen LogP contribution in [0.4, 0.5) is 0 Å². The van der Waals surface area contributed by atoms with Crippen LogP contribution in [-0.2, 0) is 16.2 Å². The molecule has 0 radical (unpaired) electrons. The van der Waals surface area contributed by atoms with E-state index >= 15 is 0 Å². The van der Waals surface area contributed by atoms with Gasteiger partial charge in [0.25, 0.3) is 5.56 Å². The van der Waals surface area contributed by atoms with Crippen molar-refractivity contribution in [2.75, 3.05) is 14.2 Å². The molecule has 0 unspecified atom stereocenters. The molecule has 0 aliphatic heterocycles. The summed E-state index contributed by atoms with van der Waals surface area (Å²) in [4.78, 5) is 42.2. The van der Waals surface area contributed by atoms with Gasteiger partial charge in [-0.1, -0.05) is 12.1 Å². The van der Waals surface area contributed by atoms with Crippen molar-refractivity contribution in [2.24, 2.45) is 0 Å². The van der Waals surface area contributed by atoms with E-state index in [2.05, 4.69) is 4.98 Å². The second kappa shape index (κ2) is 5.70. The molecular formula is C13H15N3O4. The fourth-order valence-electron chi connectivity index (χ4n) is 1.93. The van der Waals surface area contributed by atoms with Gasteiger partial charge in [-0.05, 0) is 12.1 Å². The molecule has 0 atom stereocenters. The molecule has 20 heavy (non-hydrogen) atoms. The molecule has 0 saturated heterocycles. The number of H-pyrrole nitrogens is 1. The number of hydroxylamine groups is 2. The Bertz CT molecular complexity index is 747. The fourth-order valence-corrected chi connectivity index (χ4v) is 1.93. The Balaban J connectivity index is 2.38. The van der Waals surface area contributed by atoms with Gasteiger partial charge in [0, 0.05) is 20.0 Å². The van der Waals surface area contributed by atoms with Gasteiger partial charge in [0.15, 0.2) is 0 Å². The van der Waals surface area contributed by atoms with E-state index in [1.807, 2.05) is 0 Å². The van der Waals surface area contributed by atoms with Crippen molar-refractivity contribution >= 4 is 16.8 Å². The number of fused-ring (bicyclic) bond motifs is 1. The monoisotopic (exact) mass is 277 g/mol. The van der Waals surface area contributed by atoms with E-state index in [1.54, 1.807) is 24.3 Å². The summed E-state index contributed by atoms with van der Waals surface area (Å²) in [6, 6.07) is 6.76. The molecule has 7 nitrogen and oxygen atoms in total. The van der Waals surface area contributed by atoms with Crippen molar-refractivity contribution in [3.63, 3.8) is 0 Å². The molecule has 7 heteroatoms. The minimum atomic E-state index is -0.526. The van der Waals surface area contributed by atoms with Crippen molar-refractivity contribution in [3.05, 3.63) is 45.1 Å². The minimum Gasteiger partial charge on any atom is -0.293 e. The highest BCUT2D eigenvalue weighted by Gasteiger charge is 2.11. The summed E-state index contributed by atoms with van der Waals surface area (Å²) in [5.41, 5.74) is -0.446. The SMILES string of the molecule is CON(C)C(=O)CCn1c(=O)[nH]c(=O)c2ccccc21. The molecule has 1 amide bonds. The molecular weight excluding hydrogens is 262 g/mol. The molecule has 0 spiro atoms. The van der Waals surface area contributed by atoms with Crippen LogP contribution in [0.25, 0.3) is 10.9 Å². The number of nitrogens with zero attached hydrogens (tertiary/aromatic N) is 2. The Morgan fingerprint density at radius 3 is 2.75 bits per heavy atom. The molecule has 1 aromatic heterocycles. The summed E-state index contributed by atoms with van der Waals surface area (Å²) in [5, 5.41) is 1.51. The summed E-state index contributed by atoms with van der Waals surface area (Å²) < 4.78 is 1.37. The summed E-state index contributed by atoms with van der Waals surface area (Å²) in [5.74, 6) is -0.255. The van der Waals surface area contributed by atoms with E-state index in [9.17, 15) is 14.4 Å². The number of benzene rings is 1.